The summed E-state index contributed by atoms with van der Waals surface area (Å²) in [5.74, 6) is 2.68. The van der Waals surface area contributed by atoms with Gasteiger partial charge in [-0.1, -0.05) is 20.3 Å². The molecule has 1 fully saturated rings. The van der Waals surface area contributed by atoms with Gasteiger partial charge in [-0.15, -0.1) is 35.0 Å². The number of fused-ring (bicyclic) bond motifs is 1. The van der Waals surface area contributed by atoms with Gasteiger partial charge in [-0.05, 0) is 38.3 Å². The molecule has 0 bridgehead atoms. The van der Waals surface area contributed by atoms with Crippen LogP contribution in [0.25, 0.3) is 0 Å². The first-order valence-electron chi connectivity index (χ1n) is 8.63. The van der Waals surface area contributed by atoms with E-state index in [0.717, 1.165) is 44.1 Å². The summed E-state index contributed by atoms with van der Waals surface area (Å²) in [5, 5.41) is 15.2. The van der Waals surface area contributed by atoms with Gasteiger partial charge in [0.05, 0.1) is 6.04 Å². The monoisotopic (exact) mass is 377 g/mol. The minimum absolute atomic E-state index is 0. The molecule has 138 valence electrons. The van der Waals surface area contributed by atoms with E-state index in [4.69, 9.17) is 0 Å². The molecular formula is C16H29Cl2N5O. The van der Waals surface area contributed by atoms with Gasteiger partial charge in [0.1, 0.15) is 5.82 Å². The number of amides is 1. The minimum atomic E-state index is -0.0256. The summed E-state index contributed by atoms with van der Waals surface area (Å²) in [6, 6.07) is -0.0256. The molecule has 0 radical (unpaired) electrons. The molecule has 24 heavy (non-hydrogen) atoms. The third-order valence-corrected chi connectivity index (χ3v) is 5.11. The Morgan fingerprint density at radius 3 is 2.67 bits per heavy atom. The van der Waals surface area contributed by atoms with Crippen molar-refractivity contribution in [2.24, 2.45) is 11.8 Å². The summed E-state index contributed by atoms with van der Waals surface area (Å²) in [5.41, 5.74) is 0. The number of rotatable bonds is 5. The van der Waals surface area contributed by atoms with Crippen LogP contribution >= 0.6 is 24.8 Å². The van der Waals surface area contributed by atoms with Gasteiger partial charge in [0.2, 0.25) is 5.91 Å². The van der Waals surface area contributed by atoms with Crippen molar-refractivity contribution in [3.63, 3.8) is 0 Å². The lowest BCUT2D eigenvalue weighted by Gasteiger charge is -2.32. The van der Waals surface area contributed by atoms with E-state index in [0.29, 0.717) is 5.92 Å². The Hall–Kier alpha value is -0.850. The molecule has 2 atom stereocenters. The number of carbonyl (C=O) groups is 1. The summed E-state index contributed by atoms with van der Waals surface area (Å²) >= 11 is 0. The van der Waals surface area contributed by atoms with Crippen molar-refractivity contribution < 1.29 is 4.79 Å². The van der Waals surface area contributed by atoms with Crippen molar-refractivity contribution in [3.8, 4) is 0 Å². The zero-order valence-corrected chi connectivity index (χ0v) is 16.1. The average Bonchev–Trinajstić information content (AvgIpc) is 2.71. The van der Waals surface area contributed by atoms with Crippen molar-refractivity contribution in [1.29, 1.82) is 0 Å². The minimum Gasteiger partial charge on any atom is -0.346 e. The lowest BCUT2D eigenvalue weighted by Crippen LogP contribution is -2.50. The van der Waals surface area contributed by atoms with E-state index in [-0.39, 0.29) is 42.7 Å². The molecule has 1 saturated heterocycles. The second-order valence-corrected chi connectivity index (χ2v) is 6.61. The van der Waals surface area contributed by atoms with E-state index in [1.54, 1.807) is 0 Å². The van der Waals surface area contributed by atoms with Gasteiger partial charge in [-0.3, -0.25) is 4.79 Å². The van der Waals surface area contributed by atoms with Gasteiger partial charge in [0.15, 0.2) is 5.82 Å². The third-order valence-electron chi connectivity index (χ3n) is 5.11. The first-order valence-corrected chi connectivity index (χ1v) is 8.63. The Bertz CT molecular complexity index is 533. The zero-order valence-electron chi connectivity index (χ0n) is 14.5. The summed E-state index contributed by atoms with van der Waals surface area (Å²) in [4.78, 5) is 12.5. The third kappa shape index (κ3) is 4.41. The zero-order chi connectivity index (χ0) is 15.5. The number of nitrogens with zero attached hydrogens (tertiary/aromatic N) is 3. The highest BCUT2D eigenvalue weighted by Gasteiger charge is 2.31. The normalized spacial score (nSPS) is 19.6. The highest BCUT2D eigenvalue weighted by atomic mass is 35.5. The summed E-state index contributed by atoms with van der Waals surface area (Å²) in [6.07, 6.45) is 5.46. The van der Waals surface area contributed by atoms with Crippen molar-refractivity contribution in [1.82, 2.24) is 25.4 Å². The fourth-order valence-electron chi connectivity index (χ4n) is 3.30. The van der Waals surface area contributed by atoms with Crippen LogP contribution in [0.15, 0.2) is 0 Å². The molecule has 8 heteroatoms. The average molecular weight is 378 g/mol. The first kappa shape index (κ1) is 21.2. The van der Waals surface area contributed by atoms with E-state index in [1.807, 2.05) is 6.92 Å². The molecule has 3 rings (SSSR count). The number of hydrogen-bond donors (Lipinski definition) is 2. The molecule has 0 saturated carbocycles. The van der Waals surface area contributed by atoms with E-state index >= 15 is 0 Å². The van der Waals surface area contributed by atoms with Crippen LogP contribution in [0.1, 0.15) is 57.2 Å². The lowest BCUT2D eigenvalue weighted by molar-refractivity contribution is -0.127. The SMILES string of the molecule is CCC(NC(=O)C(C)C1CNC1)c1nnc2n1CCCCC2.Cl.Cl. The Morgan fingerprint density at radius 2 is 2.04 bits per heavy atom. The van der Waals surface area contributed by atoms with E-state index in [2.05, 4.69) is 32.3 Å². The van der Waals surface area contributed by atoms with Crippen LogP contribution in [0, 0.1) is 11.8 Å². The quantitative estimate of drug-likeness (QED) is 0.825. The van der Waals surface area contributed by atoms with E-state index in [9.17, 15) is 4.79 Å². The molecule has 2 N–H and O–H groups in total. The standard InChI is InChI=1S/C16H27N5O.2ClH/c1-3-13(18-16(22)11(2)12-9-17-10-12)15-20-19-14-7-5-4-6-8-21(14)15;;/h11-13,17H,3-10H2,1-2H3,(H,18,22);2*1H. The molecule has 2 aliphatic rings. The van der Waals surface area contributed by atoms with E-state index in [1.165, 1.54) is 19.3 Å². The number of hydrogen-bond acceptors (Lipinski definition) is 4. The summed E-state index contributed by atoms with van der Waals surface area (Å²) in [7, 11) is 0. The number of nitrogens with one attached hydrogen (secondary N) is 2. The molecule has 1 aromatic heterocycles. The van der Waals surface area contributed by atoms with Crippen LogP contribution < -0.4 is 10.6 Å². The highest BCUT2D eigenvalue weighted by Crippen LogP contribution is 2.22. The molecule has 0 aliphatic carbocycles. The fourth-order valence-corrected chi connectivity index (χ4v) is 3.30. The highest BCUT2D eigenvalue weighted by molar-refractivity contribution is 5.85. The molecule has 2 aliphatic heterocycles. The maximum absolute atomic E-state index is 12.5. The molecule has 0 spiro atoms. The summed E-state index contributed by atoms with van der Waals surface area (Å²) in [6.45, 7) is 7.00. The number of aromatic nitrogens is 3. The van der Waals surface area contributed by atoms with Gasteiger partial charge in [0.25, 0.3) is 0 Å². The second kappa shape index (κ2) is 9.59. The molecule has 0 aromatic carbocycles. The van der Waals surface area contributed by atoms with E-state index < -0.39 is 0 Å². The van der Waals surface area contributed by atoms with Crippen LogP contribution in [0.4, 0.5) is 0 Å². The van der Waals surface area contributed by atoms with Crippen LogP contribution in [0.3, 0.4) is 0 Å². The first-order chi connectivity index (χ1) is 10.7. The largest absolute Gasteiger partial charge is 0.346 e. The van der Waals surface area contributed by atoms with Gasteiger partial charge >= 0.3 is 0 Å². The molecule has 3 heterocycles. The van der Waals surface area contributed by atoms with Crippen molar-refractivity contribution in [2.45, 2.75) is 58.5 Å². The van der Waals surface area contributed by atoms with Crippen molar-refractivity contribution >= 4 is 30.7 Å². The number of aryl methyl sites for hydroxylation is 1. The van der Waals surface area contributed by atoms with Gasteiger partial charge in [-0.25, -0.2) is 0 Å². The van der Waals surface area contributed by atoms with Crippen molar-refractivity contribution in [2.75, 3.05) is 13.1 Å². The van der Waals surface area contributed by atoms with Crippen LogP contribution in [0.2, 0.25) is 0 Å². The lowest BCUT2D eigenvalue weighted by atomic mass is 9.88. The number of halogens is 2. The maximum atomic E-state index is 12.5. The van der Waals surface area contributed by atoms with Crippen molar-refractivity contribution in [3.05, 3.63) is 11.6 Å². The molecule has 1 amide bonds. The smallest absolute Gasteiger partial charge is 0.223 e. The predicted octanol–water partition coefficient (Wildman–Crippen LogP) is 2.27. The predicted molar refractivity (Wildman–Crippen MR) is 98.8 cm³/mol. The fraction of sp³-hybridized carbons (Fsp3) is 0.812. The van der Waals surface area contributed by atoms with Gasteiger partial charge < -0.3 is 15.2 Å². The van der Waals surface area contributed by atoms with Crippen LogP contribution in [0.5, 0.6) is 0 Å². The molecular weight excluding hydrogens is 349 g/mol. The Labute approximate surface area is 156 Å². The Morgan fingerprint density at radius 1 is 1.29 bits per heavy atom. The summed E-state index contributed by atoms with van der Waals surface area (Å²) < 4.78 is 2.23. The maximum Gasteiger partial charge on any atom is 0.223 e. The Balaban J connectivity index is 0.00000144. The van der Waals surface area contributed by atoms with Gasteiger partial charge in [0, 0.05) is 18.9 Å². The Kier molecular flexibility index (Phi) is 8.46. The van der Waals surface area contributed by atoms with Crippen LogP contribution in [-0.2, 0) is 17.8 Å². The molecule has 1 aromatic rings. The topological polar surface area (TPSA) is 71.8 Å². The molecule has 6 nitrogen and oxygen atoms in total. The second-order valence-electron chi connectivity index (χ2n) is 6.61. The van der Waals surface area contributed by atoms with Gasteiger partial charge in [-0.2, -0.15) is 0 Å². The van der Waals surface area contributed by atoms with Crippen LogP contribution in [-0.4, -0.2) is 33.8 Å². The number of carbonyl (C=O) groups excluding carboxylic acids is 1. The molecule has 2 unspecified atom stereocenters.